The largest absolute Gasteiger partial charge is 0.497 e. The van der Waals surface area contributed by atoms with Gasteiger partial charge in [0, 0.05) is 45.3 Å². The Morgan fingerprint density at radius 3 is 2.51 bits per heavy atom. The van der Waals surface area contributed by atoms with Crippen molar-refractivity contribution in [3.8, 4) is 5.75 Å². The average molecular weight is 547 g/mol. The summed E-state index contributed by atoms with van der Waals surface area (Å²) in [7, 11) is 1.59. The van der Waals surface area contributed by atoms with E-state index in [-0.39, 0.29) is 31.3 Å². The number of nitrogens with zero attached hydrogens (tertiary/aromatic N) is 2. The van der Waals surface area contributed by atoms with Gasteiger partial charge in [-0.3, -0.25) is 4.79 Å². The highest BCUT2D eigenvalue weighted by atomic mass is 19.1. The van der Waals surface area contributed by atoms with Crippen LogP contribution in [0, 0.1) is 17.6 Å². The molecule has 39 heavy (non-hydrogen) atoms. The van der Waals surface area contributed by atoms with Gasteiger partial charge in [-0.25, -0.2) is 13.6 Å². The summed E-state index contributed by atoms with van der Waals surface area (Å²) in [6.45, 7) is 6.43. The molecule has 3 unspecified atom stereocenters. The van der Waals surface area contributed by atoms with Crippen LogP contribution in [0.1, 0.15) is 37.8 Å². The first kappa shape index (κ1) is 30.3. The van der Waals surface area contributed by atoms with E-state index in [1.165, 1.54) is 12.1 Å². The number of nitrogens with one attached hydrogen (secondary N) is 2. The van der Waals surface area contributed by atoms with E-state index in [1.807, 2.05) is 38.1 Å². The molecule has 0 saturated carbocycles. The van der Waals surface area contributed by atoms with Crippen molar-refractivity contribution in [2.45, 2.75) is 51.8 Å². The number of amides is 3. The number of carbonyl (C=O) groups excluding carboxylic acids is 2. The number of piperidine rings is 1. The third-order valence-corrected chi connectivity index (χ3v) is 7.10. The molecule has 3 amide bonds. The highest BCUT2D eigenvalue weighted by Crippen LogP contribution is 2.20. The van der Waals surface area contributed by atoms with Crippen molar-refractivity contribution in [3.05, 3.63) is 65.2 Å². The molecule has 0 radical (unpaired) electrons. The predicted octanol–water partition coefficient (Wildman–Crippen LogP) is 3.33. The lowest BCUT2D eigenvalue weighted by Crippen LogP contribution is -2.55. The van der Waals surface area contributed by atoms with Gasteiger partial charge in [-0.05, 0) is 68.5 Å². The first-order valence-electron chi connectivity index (χ1n) is 13.5. The second kappa shape index (κ2) is 14.8. The van der Waals surface area contributed by atoms with Crippen molar-refractivity contribution in [3.63, 3.8) is 0 Å². The Hall–Kier alpha value is -3.24. The number of aliphatic hydroxyl groups is 1. The molecule has 1 aliphatic rings. The maximum Gasteiger partial charge on any atom is 0.317 e. The Kier molecular flexibility index (Phi) is 11.5. The Bertz CT molecular complexity index is 1080. The fourth-order valence-corrected chi connectivity index (χ4v) is 4.96. The minimum Gasteiger partial charge on any atom is -0.497 e. The summed E-state index contributed by atoms with van der Waals surface area (Å²) in [6, 6.07) is 9.42. The molecule has 10 heteroatoms. The summed E-state index contributed by atoms with van der Waals surface area (Å²) in [5.41, 5.74) is 1.27. The van der Waals surface area contributed by atoms with E-state index in [2.05, 4.69) is 10.6 Å². The topological polar surface area (TPSA) is 94.1 Å². The monoisotopic (exact) mass is 546 g/mol. The summed E-state index contributed by atoms with van der Waals surface area (Å²) < 4.78 is 33.0. The first-order chi connectivity index (χ1) is 18.7. The molecule has 214 valence electrons. The van der Waals surface area contributed by atoms with Crippen LogP contribution < -0.4 is 15.4 Å². The van der Waals surface area contributed by atoms with Gasteiger partial charge < -0.3 is 30.3 Å². The quantitative estimate of drug-likeness (QED) is 0.380. The van der Waals surface area contributed by atoms with Crippen molar-refractivity contribution in [1.29, 1.82) is 0 Å². The lowest BCUT2D eigenvalue weighted by molar-refractivity contribution is -0.136. The van der Waals surface area contributed by atoms with Crippen molar-refractivity contribution >= 4 is 11.9 Å². The van der Waals surface area contributed by atoms with Gasteiger partial charge in [0.2, 0.25) is 5.91 Å². The molecule has 1 heterocycles. The van der Waals surface area contributed by atoms with Crippen molar-refractivity contribution in [2.75, 3.05) is 39.8 Å². The molecule has 0 spiro atoms. The molecule has 2 aromatic rings. The number of urea groups is 1. The number of likely N-dealkylation sites (tertiary alicyclic amines) is 1. The predicted molar refractivity (Wildman–Crippen MR) is 145 cm³/mol. The summed E-state index contributed by atoms with van der Waals surface area (Å²) in [6.07, 6.45) is 0.374. The van der Waals surface area contributed by atoms with E-state index >= 15 is 0 Å². The number of hydrogen-bond acceptors (Lipinski definition) is 5. The van der Waals surface area contributed by atoms with Crippen molar-refractivity contribution < 1.29 is 28.2 Å². The molecule has 1 aliphatic heterocycles. The van der Waals surface area contributed by atoms with Gasteiger partial charge in [0.05, 0.1) is 25.2 Å². The number of aliphatic hydroxyl groups excluding tert-OH is 1. The maximum absolute atomic E-state index is 13.9. The molecule has 8 nitrogen and oxygen atoms in total. The van der Waals surface area contributed by atoms with Gasteiger partial charge in [0.15, 0.2) is 0 Å². The van der Waals surface area contributed by atoms with E-state index < -0.39 is 29.8 Å². The molecule has 2 aromatic carbocycles. The van der Waals surface area contributed by atoms with Crippen LogP contribution in [-0.2, 0) is 17.8 Å². The minimum absolute atomic E-state index is 0.0259. The second-order valence-electron chi connectivity index (χ2n) is 9.88. The second-order valence-corrected chi connectivity index (χ2v) is 9.88. The summed E-state index contributed by atoms with van der Waals surface area (Å²) in [5.74, 6) is -0.989. The number of carbonyl (C=O) groups is 2. The molecule has 1 saturated heterocycles. The minimum atomic E-state index is -1.05. The van der Waals surface area contributed by atoms with Crippen LogP contribution in [0.3, 0.4) is 0 Å². The number of halogens is 2. The van der Waals surface area contributed by atoms with Crippen LogP contribution in [0.5, 0.6) is 5.75 Å². The Balaban J connectivity index is 1.68. The fourth-order valence-electron chi connectivity index (χ4n) is 4.96. The summed E-state index contributed by atoms with van der Waals surface area (Å²) in [5, 5.41) is 17.1. The number of hydrogen-bond donors (Lipinski definition) is 3. The summed E-state index contributed by atoms with van der Waals surface area (Å²) >= 11 is 0. The van der Waals surface area contributed by atoms with E-state index in [0.29, 0.717) is 50.3 Å². The van der Waals surface area contributed by atoms with Gasteiger partial charge >= 0.3 is 6.03 Å². The first-order valence-corrected chi connectivity index (χ1v) is 13.5. The van der Waals surface area contributed by atoms with E-state index in [9.17, 15) is 23.5 Å². The van der Waals surface area contributed by atoms with Crippen LogP contribution in [0.25, 0.3) is 0 Å². The maximum atomic E-state index is 13.9. The van der Waals surface area contributed by atoms with Gasteiger partial charge in [-0.1, -0.05) is 12.1 Å². The lowest BCUT2D eigenvalue weighted by Gasteiger charge is -2.36. The molecule has 0 aromatic heterocycles. The SMILES string of the molecule is CCN(CC)C(=O)C1CCCN(C(=O)NC(Cc2cc(F)cc(F)c2)C(O)CNCc2cccc(OC)c2)C1. The van der Waals surface area contributed by atoms with Crippen molar-refractivity contribution in [2.24, 2.45) is 5.92 Å². The Morgan fingerprint density at radius 2 is 1.85 bits per heavy atom. The number of ether oxygens (including phenoxy) is 1. The van der Waals surface area contributed by atoms with Crippen LogP contribution in [0.4, 0.5) is 13.6 Å². The van der Waals surface area contributed by atoms with Crippen molar-refractivity contribution in [1.82, 2.24) is 20.4 Å². The van der Waals surface area contributed by atoms with Crippen LogP contribution in [-0.4, -0.2) is 78.8 Å². The zero-order valence-electron chi connectivity index (χ0n) is 23.0. The van der Waals surface area contributed by atoms with Crippen LogP contribution >= 0.6 is 0 Å². The zero-order chi connectivity index (χ0) is 28.4. The van der Waals surface area contributed by atoms with Gasteiger partial charge in [-0.2, -0.15) is 0 Å². The average Bonchev–Trinajstić information content (AvgIpc) is 2.92. The van der Waals surface area contributed by atoms with Gasteiger partial charge in [-0.15, -0.1) is 0 Å². The molecule has 0 bridgehead atoms. The van der Waals surface area contributed by atoms with E-state index in [0.717, 1.165) is 11.6 Å². The van der Waals surface area contributed by atoms with Crippen LogP contribution in [0.2, 0.25) is 0 Å². The summed E-state index contributed by atoms with van der Waals surface area (Å²) in [4.78, 5) is 29.5. The standard InChI is InChI=1S/C29H40F2N4O4/c1-4-34(5-2)28(37)22-9-7-11-35(19-22)29(38)33-26(15-21-12-23(30)16-24(31)13-21)27(36)18-32-17-20-8-6-10-25(14-20)39-3/h6,8,10,12-14,16,22,26-27,32,36H,4-5,7,9,11,15,17-19H2,1-3H3,(H,33,38). The normalized spacial score (nSPS) is 16.9. The van der Waals surface area contributed by atoms with Gasteiger partial charge in [0.1, 0.15) is 17.4 Å². The number of benzene rings is 2. The Labute approximate surface area is 229 Å². The fraction of sp³-hybridized carbons (Fsp3) is 0.517. The van der Waals surface area contributed by atoms with E-state index in [1.54, 1.807) is 16.9 Å². The molecule has 3 atom stereocenters. The molecular formula is C29H40F2N4O4. The number of methoxy groups -OCH3 is 1. The molecule has 3 N–H and O–H groups in total. The van der Waals surface area contributed by atoms with Crippen LogP contribution in [0.15, 0.2) is 42.5 Å². The third kappa shape index (κ3) is 8.90. The molecule has 1 fully saturated rings. The van der Waals surface area contributed by atoms with Gasteiger partial charge in [0.25, 0.3) is 0 Å². The third-order valence-electron chi connectivity index (χ3n) is 7.10. The molecule has 3 rings (SSSR count). The lowest BCUT2D eigenvalue weighted by atomic mass is 9.96. The Morgan fingerprint density at radius 1 is 1.13 bits per heavy atom. The number of rotatable bonds is 12. The highest BCUT2D eigenvalue weighted by molar-refractivity contribution is 5.81. The molecule has 0 aliphatic carbocycles. The van der Waals surface area contributed by atoms with E-state index in [4.69, 9.17) is 4.74 Å². The highest BCUT2D eigenvalue weighted by Gasteiger charge is 2.32. The molecular weight excluding hydrogens is 506 g/mol. The zero-order valence-corrected chi connectivity index (χ0v) is 23.0. The smallest absolute Gasteiger partial charge is 0.317 e.